The Morgan fingerprint density at radius 2 is 2.04 bits per heavy atom. The van der Waals surface area contributed by atoms with Gasteiger partial charge in [0.15, 0.2) is 5.82 Å². The molecule has 0 aliphatic carbocycles. The molecule has 11 heteroatoms. The number of likely N-dealkylation sites (tertiary alicyclic amines) is 1. The summed E-state index contributed by atoms with van der Waals surface area (Å²) in [7, 11) is 0. The summed E-state index contributed by atoms with van der Waals surface area (Å²) < 4.78 is 37.3. The lowest BCUT2D eigenvalue weighted by Crippen LogP contribution is -2.48. The van der Waals surface area contributed by atoms with E-state index in [0.29, 0.717) is 53.2 Å². The molecule has 0 saturated carbocycles. The molecule has 0 bridgehead atoms. The van der Waals surface area contributed by atoms with Gasteiger partial charge in [0, 0.05) is 54.3 Å². The number of rotatable bonds is 7. The average Bonchev–Trinajstić information content (AvgIpc) is 3.56. The first-order valence-electron chi connectivity index (χ1n) is 15.5. The molecule has 1 amide bonds. The number of ether oxygens (including phenoxy) is 1. The Labute approximate surface area is 265 Å². The smallest absolute Gasteiger partial charge is 0.319 e. The molecule has 3 saturated heterocycles. The molecule has 8 nitrogen and oxygen atoms in total. The predicted octanol–water partition coefficient (Wildman–Crippen LogP) is 6.43. The minimum absolute atomic E-state index is 0.00280. The van der Waals surface area contributed by atoms with E-state index in [-0.39, 0.29) is 41.7 Å². The van der Waals surface area contributed by atoms with E-state index < -0.39 is 17.5 Å². The van der Waals surface area contributed by atoms with Crippen molar-refractivity contribution in [1.82, 2.24) is 24.8 Å². The van der Waals surface area contributed by atoms with Gasteiger partial charge in [-0.1, -0.05) is 55.4 Å². The number of benzene rings is 2. The van der Waals surface area contributed by atoms with Crippen LogP contribution in [0.5, 0.6) is 6.01 Å². The number of alkyl halides is 1. The largest absolute Gasteiger partial charge is 0.461 e. The number of hydrogen-bond acceptors (Lipinski definition) is 7. The van der Waals surface area contributed by atoms with Gasteiger partial charge in [0.1, 0.15) is 29.8 Å². The van der Waals surface area contributed by atoms with Crippen LogP contribution in [0.15, 0.2) is 55.3 Å². The third kappa shape index (κ3) is 5.37. The van der Waals surface area contributed by atoms with E-state index in [9.17, 15) is 9.18 Å². The fraction of sp³-hybridized carbons (Fsp3) is 0.412. The number of halogens is 3. The number of piperidine rings is 1. The third-order valence-corrected chi connectivity index (χ3v) is 10.1. The SMILES string of the molecule is C=CC(=O)N1CC[C@H](C)[C@H](Nc2nc(OC[C@@]34CCCN3C[C@H](F)C4)nc3c(F)c(-c4cccc5cccc(Cl)c45)ncc23)C1. The number of anilines is 1. The Morgan fingerprint density at radius 1 is 1.22 bits per heavy atom. The first kappa shape index (κ1) is 29.8. The molecule has 7 rings (SSSR count). The number of hydrogen-bond donors (Lipinski definition) is 1. The zero-order valence-electron chi connectivity index (χ0n) is 25.1. The van der Waals surface area contributed by atoms with Gasteiger partial charge in [-0.05, 0) is 49.3 Å². The zero-order valence-corrected chi connectivity index (χ0v) is 25.9. The summed E-state index contributed by atoms with van der Waals surface area (Å²) in [6.45, 7) is 8.23. The number of aromatic nitrogens is 3. The summed E-state index contributed by atoms with van der Waals surface area (Å²) in [6, 6.07) is 10.9. The zero-order chi connectivity index (χ0) is 31.3. The Bertz CT molecular complexity index is 1800. The van der Waals surface area contributed by atoms with Crippen molar-refractivity contribution in [2.24, 2.45) is 5.92 Å². The van der Waals surface area contributed by atoms with E-state index in [2.05, 4.69) is 33.7 Å². The van der Waals surface area contributed by atoms with Crippen LogP contribution in [0.3, 0.4) is 0 Å². The molecule has 0 unspecified atom stereocenters. The molecule has 4 aromatic rings. The fourth-order valence-electron chi connectivity index (χ4n) is 7.30. The highest BCUT2D eigenvalue weighted by Crippen LogP contribution is 2.41. The molecule has 1 N–H and O–H groups in total. The van der Waals surface area contributed by atoms with Gasteiger partial charge in [0.05, 0.1) is 10.9 Å². The second-order valence-electron chi connectivity index (χ2n) is 12.6. The van der Waals surface area contributed by atoms with Crippen LogP contribution in [0, 0.1) is 11.7 Å². The van der Waals surface area contributed by atoms with Gasteiger partial charge in [-0.25, -0.2) is 8.78 Å². The maximum atomic E-state index is 16.6. The van der Waals surface area contributed by atoms with Crippen molar-refractivity contribution in [2.75, 3.05) is 38.1 Å². The monoisotopic (exact) mass is 632 g/mol. The van der Waals surface area contributed by atoms with E-state index in [1.807, 2.05) is 24.3 Å². The molecule has 5 heterocycles. The molecule has 3 aliphatic rings. The second kappa shape index (κ2) is 11.8. The summed E-state index contributed by atoms with van der Waals surface area (Å²) in [5.41, 5.74) is 0.293. The lowest BCUT2D eigenvalue weighted by Gasteiger charge is -2.37. The van der Waals surface area contributed by atoms with Gasteiger partial charge >= 0.3 is 6.01 Å². The van der Waals surface area contributed by atoms with Crippen molar-refractivity contribution >= 4 is 45.0 Å². The van der Waals surface area contributed by atoms with Gasteiger partial charge in [0.2, 0.25) is 5.91 Å². The van der Waals surface area contributed by atoms with E-state index in [0.717, 1.165) is 31.2 Å². The molecule has 45 heavy (non-hydrogen) atoms. The summed E-state index contributed by atoms with van der Waals surface area (Å²) in [5, 5.41) is 5.91. The first-order valence-corrected chi connectivity index (χ1v) is 15.9. The van der Waals surface area contributed by atoms with Crippen LogP contribution in [0.2, 0.25) is 5.02 Å². The number of nitrogens with zero attached hydrogens (tertiary/aromatic N) is 5. The van der Waals surface area contributed by atoms with E-state index in [1.54, 1.807) is 23.2 Å². The highest BCUT2D eigenvalue weighted by molar-refractivity contribution is 6.36. The van der Waals surface area contributed by atoms with Gasteiger partial charge < -0.3 is 15.0 Å². The first-order chi connectivity index (χ1) is 21.8. The highest BCUT2D eigenvalue weighted by Gasteiger charge is 2.49. The van der Waals surface area contributed by atoms with Crippen LogP contribution in [-0.2, 0) is 4.79 Å². The minimum atomic E-state index is -0.906. The molecular formula is C34H35ClF2N6O2. The van der Waals surface area contributed by atoms with E-state index >= 15 is 4.39 Å². The Kier molecular flexibility index (Phi) is 7.81. The number of amides is 1. The van der Waals surface area contributed by atoms with Crippen molar-refractivity contribution in [3.05, 3.63) is 66.1 Å². The Morgan fingerprint density at radius 3 is 2.87 bits per heavy atom. The Hall–Kier alpha value is -3.89. The average molecular weight is 633 g/mol. The van der Waals surface area contributed by atoms with Crippen molar-refractivity contribution in [1.29, 1.82) is 0 Å². The van der Waals surface area contributed by atoms with Crippen LogP contribution in [0.4, 0.5) is 14.6 Å². The molecule has 3 aliphatic heterocycles. The van der Waals surface area contributed by atoms with Crippen LogP contribution < -0.4 is 10.1 Å². The second-order valence-corrected chi connectivity index (χ2v) is 13.0. The molecule has 234 valence electrons. The van der Waals surface area contributed by atoms with Crippen LogP contribution >= 0.6 is 11.6 Å². The Balaban J connectivity index is 1.31. The number of carbonyl (C=O) groups excluding carboxylic acids is 1. The van der Waals surface area contributed by atoms with Gasteiger partial charge in [0.25, 0.3) is 0 Å². The normalized spacial score (nSPS) is 25.1. The van der Waals surface area contributed by atoms with Crippen molar-refractivity contribution < 1.29 is 18.3 Å². The van der Waals surface area contributed by atoms with Crippen LogP contribution in [0.1, 0.15) is 32.6 Å². The van der Waals surface area contributed by atoms with Crippen molar-refractivity contribution in [3.63, 3.8) is 0 Å². The summed E-state index contributed by atoms with van der Waals surface area (Å²) in [4.78, 5) is 30.2. The molecule has 2 aromatic carbocycles. The predicted molar refractivity (Wildman–Crippen MR) is 172 cm³/mol. The van der Waals surface area contributed by atoms with Gasteiger partial charge in [-0.2, -0.15) is 9.97 Å². The fourth-order valence-corrected chi connectivity index (χ4v) is 7.58. The minimum Gasteiger partial charge on any atom is -0.461 e. The lowest BCUT2D eigenvalue weighted by atomic mass is 9.93. The van der Waals surface area contributed by atoms with E-state index in [4.69, 9.17) is 21.3 Å². The number of fused-ring (bicyclic) bond motifs is 3. The standard InChI is InChI=1S/C34H35ClF2N6O2/c1-3-27(44)42-14-11-20(2)26(18-42)39-32-24-16-38-30(23-9-4-7-21-8-5-10-25(35)28(21)23)29(37)31(24)40-33(41-32)45-19-34-12-6-13-43(34)17-22(36)15-34/h3-5,7-10,16,20,22,26H,1,6,11-15,17-19H2,2H3,(H,39,40,41)/t20-,22+,26+,34-/m0/s1. The molecule has 4 atom stereocenters. The number of pyridine rings is 1. The van der Waals surface area contributed by atoms with E-state index in [1.165, 1.54) is 6.08 Å². The van der Waals surface area contributed by atoms with Crippen molar-refractivity contribution in [2.45, 2.75) is 50.4 Å². The topological polar surface area (TPSA) is 83.5 Å². The van der Waals surface area contributed by atoms with Crippen LogP contribution in [0.25, 0.3) is 32.9 Å². The van der Waals surface area contributed by atoms with Gasteiger partial charge in [-0.3, -0.25) is 14.7 Å². The molecular weight excluding hydrogens is 598 g/mol. The maximum absolute atomic E-state index is 16.6. The molecule has 0 spiro atoms. The van der Waals surface area contributed by atoms with Gasteiger partial charge in [-0.15, -0.1) is 0 Å². The summed E-state index contributed by atoms with van der Waals surface area (Å²) in [6.07, 6.45) is 4.94. The third-order valence-electron chi connectivity index (χ3n) is 9.77. The van der Waals surface area contributed by atoms with Crippen molar-refractivity contribution in [3.8, 4) is 17.3 Å². The quantitative estimate of drug-likeness (QED) is 0.235. The van der Waals surface area contributed by atoms with Crippen LogP contribution in [-0.4, -0.2) is 81.2 Å². The number of carbonyl (C=O) groups is 1. The summed E-state index contributed by atoms with van der Waals surface area (Å²) >= 11 is 6.59. The maximum Gasteiger partial charge on any atom is 0.319 e. The lowest BCUT2D eigenvalue weighted by molar-refractivity contribution is -0.127. The number of nitrogens with one attached hydrogen (secondary N) is 1. The molecule has 0 radical (unpaired) electrons. The highest BCUT2D eigenvalue weighted by atomic mass is 35.5. The molecule has 2 aromatic heterocycles. The summed E-state index contributed by atoms with van der Waals surface area (Å²) in [5.74, 6) is -0.196. The molecule has 3 fully saturated rings.